The van der Waals surface area contributed by atoms with E-state index in [2.05, 4.69) is 18.7 Å². The van der Waals surface area contributed by atoms with Gasteiger partial charge in [-0.05, 0) is 19.8 Å². The normalized spacial score (nSPS) is 19.2. The third kappa shape index (κ3) is 3.76. The fraction of sp³-hybridized carbons (Fsp3) is 0.917. The topological polar surface area (TPSA) is 49.6 Å². The molecule has 2 N–H and O–H groups in total. The molecule has 0 atom stereocenters. The van der Waals surface area contributed by atoms with Crippen LogP contribution in [0.3, 0.4) is 0 Å². The molecule has 0 saturated carbocycles. The Morgan fingerprint density at radius 1 is 1.25 bits per heavy atom. The van der Waals surface area contributed by atoms with Crippen molar-refractivity contribution in [3.63, 3.8) is 0 Å². The molecule has 1 amide bonds. The number of amides is 1. The Bertz CT molecular complexity index is 237. The van der Waals surface area contributed by atoms with Gasteiger partial charge in [0, 0.05) is 32.7 Å². The fourth-order valence-electron chi connectivity index (χ4n) is 2.06. The van der Waals surface area contributed by atoms with Crippen molar-refractivity contribution in [3.8, 4) is 0 Å². The van der Waals surface area contributed by atoms with E-state index in [4.69, 9.17) is 5.73 Å². The van der Waals surface area contributed by atoms with Crippen LogP contribution < -0.4 is 5.73 Å². The molecule has 0 spiro atoms. The van der Waals surface area contributed by atoms with Gasteiger partial charge in [0.15, 0.2) is 0 Å². The summed E-state index contributed by atoms with van der Waals surface area (Å²) in [5, 5.41) is 0. The number of hydrogen-bond donors (Lipinski definition) is 1. The molecule has 16 heavy (non-hydrogen) atoms. The standard InChI is InChI=1S/C12H25N3O/c1-10(2)9-14-5-7-15(8-6-14)11(16)12(3,4)13/h10H,5-9,13H2,1-4H3. The van der Waals surface area contributed by atoms with E-state index in [0.717, 1.165) is 32.7 Å². The highest BCUT2D eigenvalue weighted by atomic mass is 16.2. The number of carbonyl (C=O) groups excluding carboxylic acids is 1. The van der Waals surface area contributed by atoms with Crippen molar-refractivity contribution in [2.75, 3.05) is 32.7 Å². The summed E-state index contributed by atoms with van der Waals surface area (Å²) >= 11 is 0. The first-order chi connectivity index (χ1) is 7.30. The van der Waals surface area contributed by atoms with Gasteiger partial charge in [0.05, 0.1) is 5.54 Å². The average molecular weight is 227 g/mol. The van der Waals surface area contributed by atoms with Crippen LogP contribution in [0.5, 0.6) is 0 Å². The van der Waals surface area contributed by atoms with Crippen LogP contribution >= 0.6 is 0 Å². The Morgan fingerprint density at radius 2 is 1.75 bits per heavy atom. The summed E-state index contributed by atoms with van der Waals surface area (Å²) in [7, 11) is 0. The van der Waals surface area contributed by atoms with Crippen LogP contribution in [0.15, 0.2) is 0 Å². The molecule has 1 aliphatic heterocycles. The highest BCUT2D eigenvalue weighted by Crippen LogP contribution is 2.09. The first-order valence-electron chi connectivity index (χ1n) is 6.11. The van der Waals surface area contributed by atoms with Crippen LogP contribution in [-0.2, 0) is 4.79 Å². The minimum absolute atomic E-state index is 0.0664. The lowest BCUT2D eigenvalue weighted by molar-refractivity contribution is -0.137. The molecule has 4 nitrogen and oxygen atoms in total. The molecular formula is C12H25N3O. The minimum atomic E-state index is -0.736. The molecule has 1 heterocycles. The summed E-state index contributed by atoms with van der Waals surface area (Å²) in [4.78, 5) is 16.2. The number of carbonyl (C=O) groups is 1. The summed E-state index contributed by atoms with van der Waals surface area (Å²) < 4.78 is 0. The van der Waals surface area contributed by atoms with E-state index in [1.165, 1.54) is 0 Å². The Hall–Kier alpha value is -0.610. The van der Waals surface area contributed by atoms with Crippen LogP contribution in [0.25, 0.3) is 0 Å². The van der Waals surface area contributed by atoms with Gasteiger partial charge in [0.2, 0.25) is 5.91 Å². The predicted molar refractivity (Wildman–Crippen MR) is 66.1 cm³/mol. The average Bonchev–Trinajstić information content (AvgIpc) is 2.15. The van der Waals surface area contributed by atoms with Crippen molar-refractivity contribution in [2.45, 2.75) is 33.2 Å². The van der Waals surface area contributed by atoms with E-state index in [0.29, 0.717) is 5.92 Å². The zero-order valence-electron chi connectivity index (χ0n) is 11.0. The van der Waals surface area contributed by atoms with Crippen molar-refractivity contribution >= 4 is 5.91 Å². The van der Waals surface area contributed by atoms with Gasteiger partial charge in [-0.3, -0.25) is 9.69 Å². The van der Waals surface area contributed by atoms with Crippen LogP contribution in [0.2, 0.25) is 0 Å². The highest BCUT2D eigenvalue weighted by molar-refractivity contribution is 5.85. The number of nitrogens with zero attached hydrogens (tertiary/aromatic N) is 2. The van der Waals surface area contributed by atoms with Crippen molar-refractivity contribution in [1.82, 2.24) is 9.80 Å². The number of nitrogens with two attached hydrogens (primary N) is 1. The summed E-state index contributed by atoms with van der Waals surface area (Å²) in [5.41, 5.74) is 5.08. The molecule has 0 bridgehead atoms. The first kappa shape index (κ1) is 13.5. The Labute approximate surface area is 98.8 Å². The van der Waals surface area contributed by atoms with Crippen molar-refractivity contribution < 1.29 is 4.79 Å². The molecular weight excluding hydrogens is 202 g/mol. The predicted octanol–water partition coefficient (Wildman–Crippen LogP) is 0.524. The maximum Gasteiger partial charge on any atom is 0.242 e. The second-order valence-corrected chi connectivity index (χ2v) is 5.71. The van der Waals surface area contributed by atoms with Gasteiger partial charge in [-0.1, -0.05) is 13.8 Å². The maximum absolute atomic E-state index is 11.9. The van der Waals surface area contributed by atoms with Gasteiger partial charge < -0.3 is 10.6 Å². The van der Waals surface area contributed by atoms with Crippen molar-refractivity contribution in [1.29, 1.82) is 0 Å². The van der Waals surface area contributed by atoms with Crippen molar-refractivity contribution in [2.24, 2.45) is 11.7 Å². The third-order valence-corrected chi connectivity index (χ3v) is 2.83. The summed E-state index contributed by atoms with van der Waals surface area (Å²) in [5.74, 6) is 0.755. The molecule has 4 heteroatoms. The molecule has 1 fully saturated rings. The van der Waals surface area contributed by atoms with Gasteiger partial charge >= 0.3 is 0 Å². The SMILES string of the molecule is CC(C)CN1CCN(C(=O)C(C)(C)N)CC1. The van der Waals surface area contributed by atoms with Crippen LogP contribution in [0.1, 0.15) is 27.7 Å². The van der Waals surface area contributed by atoms with E-state index in [1.54, 1.807) is 13.8 Å². The molecule has 1 aliphatic rings. The molecule has 0 aromatic rings. The maximum atomic E-state index is 11.9. The van der Waals surface area contributed by atoms with Crippen LogP contribution in [-0.4, -0.2) is 54.0 Å². The summed E-state index contributed by atoms with van der Waals surface area (Å²) in [6.07, 6.45) is 0. The lowest BCUT2D eigenvalue weighted by atomic mass is 10.0. The molecule has 0 aromatic heterocycles. The van der Waals surface area contributed by atoms with Crippen molar-refractivity contribution in [3.05, 3.63) is 0 Å². The van der Waals surface area contributed by atoms with Gasteiger partial charge in [0.25, 0.3) is 0 Å². The quantitative estimate of drug-likeness (QED) is 0.765. The summed E-state index contributed by atoms with van der Waals surface area (Å²) in [6.45, 7) is 12.7. The lowest BCUT2D eigenvalue weighted by Crippen LogP contribution is -2.57. The zero-order valence-corrected chi connectivity index (χ0v) is 11.0. The number of rotatable bonds is 3. The minimum Gasteiger partial charge on any atom is -0.339 e. The van der Waals surface area contributed by atoms with E-state index in [9.17, 15) is 4.79 Å². The Kier molecular flexibility index (Phi) is 4.33. The monoisotopic (exact) mass is 227 g/mol. The van der Waals surface area contributed by atoms with Crippen LogP contribution in [0, 0.1) is 5.92 Å². The van der Waals surface area contributed by atoms with E-state index in [-0.39, 0.29) is 5.91 Å². The molecule has 94 valence electrons. The second-order valence-electron chi connectivity index (χ2n) is 5.71. The molecule has 1 rings (SSSR count). The Balaban J connectivity index is 2.40. The molecule has 1 saturated heterocycles. The summed E-state index contributed by atoms with van der Waals surface area (Å²) in [6, 6.07) is 0. The second kappa shape index (κ2) is 5.15. The number of piperazine rings is 1. The number of hydrogen-bond acceptors (Lipinski definition) is 3. The van der Waals surface area contributed by atoms with Gasteiger partial charge in [-0.2, -0.15) is 0 Å². The third-order valence-electron chi connectivity index (χ3n) is 2.83. The van der Waals surface area contributed by atoms with Gasteiger partial charge in [-0.15, -0.1) is 0 Å². The molecule has 0 aliphatic carbocycles. The van der Waals surface area contributed by atoms with E-state index in [1.807, 2.05) is 4.90 Å². The Morgan fingerprint density at radius 3 is 2.12 bits per heavy atom. The fourth-order valence-corrected chi connectivity index (χ4v) is 2.06. The zero-order chi connectivity index (χ0) is 12.3. The lowest BCUT2D eigenvalue weighted by Gasteiger charge is -2.38. The molecule has 0 radical (unpaired) electrons. The van der Waals surface area contributed by atoms with Gasteiger partial charge in [0.1, 0.15) is 0 Å². The van der Waals surface area contributed by atoms with E-state index >= 15 is 0 Å². The smallest absolute Gasteiger partial charge is 0.242 e. The van der Waals surface area contributed by atoms with E-state index < -0.39 is 5.54 Å². The largest absolute Gasteiger partial charge is 0.339 e. The highest BCUT2D eigenvalue weighted by Gasteiger charge is 2.30. The molecule has 0 unspecified atom stereocenters. The molecule has 0 aromatic carbocycles. The van der Waals surface area contributed by atoms with Gasteiger partial charge in [-0.25, -0.2) is 0 Å². The van der Waals surface area contributed by atoms with Crippen LogP contribution in [0.4, 0.5) is 0 Å². The first-order valence-corrected chi connectivity index (χ1v) is 6.11.